The SMILES string of the molecule is Cc1cc(-n2c(C3(C)C=CS(=O)(=O)C3)c(-c3ccc(C(=O)O)cc3)c3c(O)cccc32)ccc1F. The van der Waals surface area contributed by atoms with Gasteiger partial charge < -0.3 is 14.8 Å². The number of carboxylic acids is 1. The maximum atomic E-state index is 14.2. The largest absolute Gasteiger partial charge is 0.507 e. The summed E-state index contributed by atoms with van der Waals surface area (Å²) in [5.41, 5.74) is 2.57. The first-order valence-corrected chi connectivity index (χ1v) is 12.6. The fraction of sp³-hybridized carbons (Fsp3) is 0.148. The summed E-state index contributed by atoms with van der Waals surface area (Å²) in [4.78, 5) is 11.4. The van der Waals surface area contributed by atoms with E-state index in [0.717, 1.165) is 0 Å². The molecule has 0 fully saturated rings. The molecule has 2 N–H and O–H groups in total. The van der Waals surface area contributed by atoms with Gasteiger partial charge in [0.1, 0.15) is 11.6 Å². The van der Waals surface area contributed by atoms with Crippen LogP contribution >= 0.6 is 0 Å². The van der Waals surface area contributed by atoms with E-state index in [2.05, 4.69) is 0 Å². The number of fused-ring (bicyclic) bond motifs is 1. The molecule has 35 heavy (non-hydrogen) atoms. The average Bonchev–Trinajstić information content (AvgIpc) is 3.31. The number of hydrogen-bond donors (Lipinski definition) is 2. The van der Waals surface area contributed by atoms with Crippen LogP contribution in [0.1, 0.15) is 28.5 Å². The van der Waals surface area contributed by atoms with Crippen molar-refractivity contribution in [2.75, 3.05) is 5.75 Å². The zero-order chi connectivity index (χ0) is 25.1. The van der Waals surface area contributed by atoms with Gasteiger partial charge in [-0.15, -0.1) is 0 Å². The zero-order valence-electron chi connectivity index (χ0n) is 19.0. The number of aromatic hydroxyl groups is 1. The lowest BCUT2D eigenvalue weighted by molar-refractivity contribution is 0.0697. The highest BCUT2D eigenvalue weighted by Gasteiger charge is 2.41. The molecule has 6 nitrogen and oxygen atoms in total. The Labute approximate surface area is 201 Å². The molecule has 0 amide bonds. The second kappa shape index (κ2) is 7.81. The predicted octanol–water partition coefficient (Wildman–Crippen LogP) is 5.35. The normalized spacial score (nSPS) is 18.8. The molecule has 1 unspecified atom stereocenters. The van der Waals surface area contributed by atoms with Gasteiger partial charge in [0, 0.05) is 33.2 Å². The van der Waals surface area contributed by atoms with Crippen LogP contribution in [-0.4, -0.2) is 34.9 Å². The van der Waals surface area contributed by atoms with Crippen LogP contribution in [-0.2, 0) is 15.3 Å². The number of rotatable bonds is 4. The molecule has 0 radical (unpaired) electrons. The Morgan fingerprint density at radius 2 is 1.80 bits per heavy atom. The second-order valence-corrected chi connectivity index (χ2v) is 11.0. The standard InChI is InChI=1S/C27H22FNO5S/c1-16-14-19(10-11-20(16)28)29-21-4-3-5-22(30)24(21)23(17-6-8-18(9-7-17)26(31)32)25(29)27(2)12-13-35(33,34)15-27/h3-14,30H,15H2,1-2H3,(H,31,32). The minimum Gasteiger partial charge on any atom is -0.507 e. The molecular weight excluding hydrogens is 469 g/mol. The summed E-state index contributed by atoms with van der Waals surface area (Å²) >= 11 is 0. The van der Waals surface area contributed by atoms with E-state index in [-0.39, 0.29) is 22.9 Å². The highest BCUT2D eigenvalue weighted by atomic mass is 32.2. The number of phenolic OH excluding ortho intramolecular Hbond substituents is 1. The summed E-state index contributed by atoms with van der Waals surface area (Å²) < 4.78 is 41.1. The first-order chi connectivity index (χ1) is 16.5. The minimum absolute atomic E-state index is 0.00733. The summed E-state index contributed by atoms with van der Waals surface area (Å²) in [6, 6.07) is 15.9. The third-order valence-electron chi connectivity index (χ3n) is 6.48. The molecule has 1 aliphatic heterocycles. The predicted molar refractivity (Wildman–Crippen MR) is 132 cm³/mol. The van der Waals surface area contributed by atoms with Gasteiger partial charge in [0.2, 0.25) is 0 Å². The summed E-state index contributed by atoms with van der Waals surface area (Å²) in [6.45, 7) is 3.45. The van der Waals surface area contributed by atoms with Crippen LogP contribution in [0.3, 0.4) is 0 Å². The Kier molecular flexibility index (Phi) is 5.10. The van der Waals surface area contributed by atoms with E-state index in [1.807, 2.05) is 10.6 Å². The van der Waals surface area contributed by atoms with Crippen molar-refractivity contribution >= 4 is 26.7 Å². The number of aromatic carboxylic acids is 1. The maximum absolute atomic E-state index is 14.2. The number of aromatic nitrogens is 1. The Morgan fingerprint density at radius 1 is 1.09 bits per heavy atom. The number of halogens is 1. The van der Waals surface area contributed by atoms with Gasteiger partial charge in [-0.05, 0) is 67.4 Å². The van der Waals surface area contributed by atoms with Gasteiger partial charge >= 0.3 is 5.97 Å². The lowest BCUT2D eigenvalue weighted by Gasteiger charge is -2.26. The Balaban J connectivity index is 1.94. The Bertz CT molecular complexity index is 1650. The number of sulfone groups is 1. The minimum atomic E-state index is -3.47. The van der Waals surface area contributed by atoms with Crippen LogP contribution in [0.4, 0.5) is 4.39 Å². The van der Waals surface area contributed by atoms with Crippen molar-refractivity contribution in [3.63, 3.8) is 0 Å². The molecule has 3 aromatic carbocycles. The van der Waals surface area contributed by atoms with Crippen molar-refractivity contribution in [1.82, 2.24) is 4.57 Å². The fourth-order valence-corrected chi connectivity index (χ4v) is 6.55. The Hall–Kier alpha value is -3.91. The third-order valence-corrected chi connectivity index (χ3v) is 8.03. The molecule has 1 atom stereocenters. The van der Waals surface area contributed by atoms with Gasteiger partial charge in [0.05, 0.1) is 16.8 Å². The number of carbonyl (C=O) groups is 1. The van der Waals surface area contributed by atoms with Crippen molar-refractivity contribution in [3.05, 3.63) is 94.8 Å². The molecule has 2 heterocycles. The van der Waals surface area contributed by atoms with E-state index in [0.29, 0.717) is 39.0 Å². The van der Waals surface area contributed by atoms with Crippen molar-refractivity contribution in [2.45, 2.75) is 19.3 Å². The zero-order valence-corrected chi connectivity index (χ0v) is 19.8. The van der Waals surface area contributed by atoms with Crippen molar-refractivity contribution in [1.29, 1.82) is 0 Å². The van der Waals surface area contributed by atoms with Crippen LogP contribution in [0, 0.1) is 12.7 Å². The highest BCUT2D eigenvalue weighted by Crippen LogP contribution is 2.48. The monoisotopic (exact) mass is 491 g/mol. The van der Waals surface area contributed by atoms with Crippen LogP contribution in [0.2, 0.25) is 0 Å². The summed E-state index contributed by atoms with van der Waals surface area (Å²) in [5.74, 6) is -1.63. The highest BCUT2D eigenvalue weighted by molar-refractivity contribution is 7.94. The van der Waals surface area contributed by atoms with Crippen LogP contribution in [0.25, 0.3) is 27.7 Å². The van der Waals surface area contributed by atoms with Crippen LogP contribution < -0.4 is 0 Å². The molecule has 178 valence electrons. The van der Waals surface area contributed by atoms with Gasteiger partial charge in [-0.25, -0.2) is 17.6 Å². The van der Waals surface area contributed by atoms with Crippen molar-refractivity contribution in [2.24, 2.45) is 0 Å². The molecule has 0 saturated carbocycles. The summed E-state index contributed by atoms with van der Waals surface area (Å²) in [5, 5.41) is 22.0. The number of aryl methyl sites for hydroxylation is 1. The average molecular weight is 492 g/mol. The maximum Gasteiger partial charge on any atom is 0.335 e. The van der Waals surface area contributed by atoms with Gasteiger partial charge in [-0.2, -0.15) is 0 Å². The second-order valence-electron chi connectivity index (χ2n) is 9.07. The topological polar surface area (TPSA) is 96.6 Å². The molecule has 4 aromatic rings. The van der Waals surface area contributed by atoms with Gasteiger partial charge in [-0.3, -0.25) is 0 Å². The van der Waals surface area contributed by atoms with Crippen LogP contribution in [0.15, 0.2) is 72.1 Å². The molecule has 0 spiro atoms. The van der Waals surface area contributed by atoms with E-state index >= 15 is 0 Å². The first-order valence-electron chi connectivity index (χ1n) is 10.9. The van der Waals surface area contributed by atoms with E-state index < -0.39 is 21.2 Å². The molecular formula is C27H22FNO5S. The van der Waals surface area contributed by atoms with Crippen molar-refractivity contribution in [3.8, 4) is 22.6 Å². The van der Waals surface area contributed by atoms with Crippen LogP contribution in [0.5, 0.6) is 5.75 Å². The first kappa shape index (κ1) is 22.9. The molecule has 1 aromatic heterocycles. The lowest BCUT2D eigenvalue weighted by Crippen LogP contribution is -2.27. The quantitative estimate of drug-likeness (QED) is 0.401. The number of hydrogen-bond acceptors (Lipinski definition) is 4. The number of carboxylic acid groups (broad SMARTS) is 1. The summed E-state index contributed by atoms with van der Waals surface area (Å²) in [7, 11) is -3.47. The molecule has 0 saturated heterocycles. The van der Waals surface area contributed by atoms with E-state index in [4.69, 9.17) is 0 Å². The fourth-order valence-electron chi connectivity index (χ4n) is 4.87. The van der Waals surface area contributed by atoms with Gasteiger partial charge in [-0.1, -0.05) is 24.3 Å². The van der Waals surface area contributed by atoms with Gasteiger partial charge in [0.15, 0.2) is 9.84 Å². The van der Waals surface area contributed by atoms with E-state index in [1.165, 1.54) is 23.6 Å². The lowest BCUT2D eigenvalue weighted by atomic mass is 9.84. The number of phenols is 1. The molecule has 0 bridgehead atoms. The number of nitrogens with zero attached hydrogens (tertiary/aromatic N) is 1. The molecule has 0 aliphatic carbocycles. The van der Waals surface area contributed by atoms with E-state index in [9.17, 15) is 27.8 Å². The molecule has 8 heteroatoms. The summed E-state index contributed by atoms with van der Waals surface area (Å²) in [6.07, 6.45) is 1.63. The van der Waals surface area contributed by atoms with E-state index in [1.54, 1.807) is 56.3 Å². The number of benzene rings is 3. The van der Waals surface area contributed by atoms with Crippen molar-refractivity contribution < 1.29 is 27.8 Å². The smallest absolute Gasteiger partial charge is 0.335 e. The Morgan fingerprint density at radius 3 is 2.40 bits per heavy atom. The van der Waals surface area contributed by atoms with Gasteiger partial charge in [0.25, 0.3) is 0 Å². The molecule has 1 aliphatic rings. The molecule has 5 rings (SSSR count). The number of allylic oxidation sites excluding steroid dienone is 1. The third kappa shape index (κ3) is 3.70.